The summed E-state index contributed by atoms with van der Waals surface area (Å²) < 4.78 is 11.3. The molecule has 1 saturated heterocycles. The third-order valence-electron chi connectivity index (χ3n) is 5.24. The zero-order chi connectivity index (χ0) is 23.0. The maximum absolute atomic E-state index is 13.2. The number of carbonyl (C=O) groups excluding carboxylic acids is 2. The Labute approximate surface area is 190 Å². The van der Waals surface area contributed by atoms with Crippen LogP contribution in [0.15, 0.2) is 70.9 Å². The van der Waals surface area contributed by atoms with Gasteiger partial charge in [-0.1, -0.05) is 29.8 Å². The molecule has 164 valence electrons. The number of aliphatic hydroxyl groups is 1. The summed E-state index contributed by atoms with van der Waals surface area (Å²) in [5.74, 6) is -0.995. The van der Waals surface area contributed by atoms with Gasteiger partial charge in [-0.25, -0.2) is 0 Å². The lowest BCUT2D eigenvalue weighted by molar-refractivity contribution is -0.132. The van der Waals surface area contributed by atoms with E-state index in [1.165, 1.54) is 11.2 Å². The number of amides is 1. The van der Waals surface area contributed by atoms with Gasteiger partial charge < -0.3 is 14.3 Å². The van der Waals surface area contributed by atoms with Crippen LogP contribution in [0.5, 0.6) is 5.75 Å². The third-order valence-corrected chi connectivity index (χ3v) is 5.64. The molecule has 1 aliphatic rings. The summed E-state index contributed by atoms with van der Waals surface area (Å²) in [7, 11) is 0. The molecule has 32 heavy (non-hydrogen) atoms. The number of Topliss-reactive ketones (excluding diaryl/α,β-unsaturated/α-hetero) is 1. The predicted octanol–water partition coefficient (Wildman–Crippen LogP) is 5.65. The maximum atomic E-state index is 13.2. The Bertz CT molecular complexity index is 1210. The molecule has 0 bridgehead atoms. The number of ketones is 1. The van der Waals surface area contributed by atoms with Gasteiger partial charge in [-0.05, 0) is 62.7 Å². The topological polar surface area (TPSA) is 80.0 Å². The molecule has 7 heteroatoms. The lowest BCUT2D eigenvalue weighted by atomic mass is 9.99. The molecule has 0 spiro atoms. The van der Waals surface area contributed by atoms with Crippen LogP contribution in [0.2, 0.25) is 5.02 Å². The van der Waals surface area contributed by atoms with Crippen LogP contribution in [-0.4, -0.2) is 22.9 Å². The quantitative estimate of drug-likeness (QED) is 0.308. The summed E-state index contributed by atoms with van der Waals surface area (Å²) >= 11 is 6.28. The van der Waals surface area contributed by atoms with Crippen molar-refractivity contribution in [1.82, 2.24) is 0 Å². The molecule has 1 unspecified atom stereocenters. The minimum absolute atomic E-state index is 0.0631. The van der Waals surface area contributed by atoms with E-state index in [0.717, 1.165) is 0 Å². The van der Waals surface area contributed by atoms with Gasteiger partial charge in [0.05, 0.1) is 17.9 Å². The lowest BCUT2D eigenvalue weighted by Crippen LogP contribution is -2.30. The van der Waals surface area contributed by atoms with Gasteiger partial charge in [0.15, 0.2) is 0 Å². The van der Waals surface area contributed by atoms with Crippen molar-refractivity contribution in [3.63, 3.8) is 0 Å². The van der Waals surface area contributed by atoms with Gasteiger partial charge in [0.25, 0.3) is 11.7 Å². The smallest absolute Gasteiger partial charge is 0.300 e. The molecule has 0 saturated carbocycles. The van der Waals surface area contributed by atoms with Gasteiger partial charge in [0.1, 0.15) is 23.3 Å². The first-order valence-electron chi connectivity index (χ1n) is 10.2. The minimum Gasteiger partial charge on any atom is -0.507 e. The van der Waals surface area contributed by atoms with Crippen LogP contribution in [-0.2, 0) is 9.59 Å². The van der Waals surface area contributed by atoms with Gasteiger partial charge in [0, 0.05) is 16.3 Å². The number of ether oxygens (including phenoxy) is 1. The SMILES string of the molecule is Cc1c(Cl)cccc1N1C(=O)C(=O)/C(=C(\O)c2cccc(OC(C)C)c2)C1c1ccco1. The number of hydrogen-bond acceptors (Lipinski definition) is 5. The van der Waals surface area contributed by atoms with Crippen LogP contribution in [0.3, 0.4) is 0 Å². The van der Waals surface area contributed by atoms with Crippen molar-refractivity contribution in [2.75, 3.05) is 4.90 Å². The number of furan rings is 1. The number of hydrogen-bond donors (Lipinski definition) is 1. The molecule has 1 N–H and O–H groups in total. The van der Waals surface area contributed by atoms with Crippen molar-refractivity contribution >= 4 is 34.7 Å². The van der Waals surface area contributed by atoms with Gasteiger partial charge >= 0.3 is 0 Å². The number of aliphatic hydroxyl groups excluding tert-OH is 1. The van der Waals surface area contributed by atoms with E-state index < -0.39 is 17.7 Å². The summed E-state index contributed by atoms with van der Waals surface area (Å²) in [6.45, 7) is 5.55. The molecule has 1 aliphatic heterocycles. The number of rotatable bonds is 5. The van der Waals surface area contributed by atoms with Gasteiger partial charge in [0.2, 0.25) is 0 Å². The summed E-state index contributed by atoms with van der Waals surface area (Å²) in [6.07, 6.45) is 1.39. The average Bonchev–Trinajstić information content (AvgIpc) is 3.37. The van der Waals surface area contributed by atoms with E-state index in [9.17, 15) is 14.7 Å². The molecule has 1 fully saturated rings. The summed E-state index contributed by atoms with van der Waals surface area (Å²) in [6, 6.07) is 14.3. The molecule has 1 atom stereocenters. The number of halogens is 1. The molecule has 1 aromatic heterocycles. The highest BCUT2D eigenvalue weighted by Crippen LogP contribution is 2.44. The molecule has 3 aromatic rings. The Morgan fingerprint density at radius 1 is 1.12 bits per heavy atom. The number of carbonyl (C=O) groups is 2. The normalized spacial score (nSPS) is 17.9. The molecule has 2 aromatic carbocycles. The Morgan fingerprint density at radius 2 is 1.88 bits per heavy atom. The van der Waals surface area contributed by atoms with Crippen LogP contribution in [0.25, 0.3) is 5.76 Å². The van der Waals surface area contributed by atoms with E-state index in [-0.39, 0.29) is 17.4 Å². The number of benzene rings is 2. The van der Waals surface area contributed by atoms with Gasteiger partial charge in [-0.15, -0.1) is 0 Å². The van der Waals surface area contributed by atoms with E-state index in [2.05, 4.69) is 0 Å². The molecule has 6 nitrogen and oxygen atoms in total. The largest absolute Gasteiger partial charge is 0.507 e. The zero-order valence-corrected chi connectivity index (χ0v) is 18.6. The highest BCUT2D eigenvalue weighted by Gasteiger charge is 2.48. The fraction of sp³-hybridized carbons (Fsp3) is 0.200. The molecular weight excluding hydrogens is 430 g/mol. The van der Waals surface area contributed by atoms with Crippen molar-refractivity contribution in [2.45, 2.75) is 32.9 Å². The molecule has 0 radical (unpaired) electrons. The second-order valence-corrected chi connectivity index (χ2v) is 8.17. The van der Waals surface area contributed by atoms with E-state index in [1.54, 1.807) is 61.5 Å². The van der Waals surface area contributed by atoms with Gasteiger partial charge in [-0.2, -0.15) is 0 Å². The maximum Gasteiger partial charge on any atom is 0.300 e. The van der Waals surface area contributed by atoms with Crippen molar-refractivity contribution in [1.29, 1.82) is 0 Å². The van der Waals surface area contributed by atoms with Crippen molar-refractivity contribution in [2.24, 2.45) is 0 Å². The summed E-state index contributed by atoms with van der Waals surface area (Å²) in [4.78, 5) is 27.6. The second-order valence-electron chi connectivity index (χ2n) is 7.76. The summed E-state index contributed by atoms with van der Waals surface area (Å²) in [5, 5.41) is 11.6. The number of nitrogens with zero attached hydrogens (tertiary/aromatic N) is 1. The molecule has 2 heterocycles. The highest BCUT2D eigenvalue weighted by molar-refractivity contribution is 6.52. The van der Waals surface area contributed by atoms with Crippen LogP contribution < -0.4 is 9.64 Å². The molecular formula is C25H22ClNO5. The first kappa shape index (κ1) is 21.7. The van der Waals surface area contributed by atoms with Gasteiger partial charge in [-0.3, -0.25) is 14.5 Å². The highest BCUT2D eigenvalue weighted by atomic mass is 35.5. The summed E-state index contributed by atoms with van der Waals surface area (Å²) in [5.41, 5.74) is 1.41. The van der Waals surface area contributed by atoms with Crippen LogP contribution in [0.1, 0.15) is 36.8 Å². The van der Waals surface area contributed by atoms with Crippen LogP contribution in [0, 0.1) is 6.92 Å². The Balaban J connectivity index is 1.90. The van der Waals surface area contributed by atoms with E-state index >= 15 is 0 Å². The molecule has 4 rings (SSSR count). The molecule has 0 aliphatic carbocycles. The van der Waals surface area contributed by atoms with Crippen molar-refractivity contribution < 1.29 is 23.8 Å². The predicted molar refractivity (Wildman–Crippen MR) is 122 cm³/mol. The Morgan fingerprint density at radius 3 is 2.56 bits per heavy atom. The fourth-order valence-electron chi connectivity index (χ4n) is 3.80. The first-order valence-corrected chi connectivity index (χ1v) is 10.5. The molecule has 1 amide bonds. The van der Waals surface area contributed by atoms with Crippen LogP contribution >= 0.6 is 11.6 Å². The fourth-order valence-corrected chi connectivity index (χ4v) is 3.97. The average molecular weight is 452 g/mol. The Kier molecular flexibility index (Phi) is 5.80. The lowest BCUT2D eigenvalue weighted by Gasteiger charge is -2.25. The zero-order valence-electron chi connectivity index (χ0n) is 17.8. The van der Waals surface area contributed by atoms with Crippen molar-refractivity contribution in [3.8, 4) is 5.75 Å². The third kappa shape index (κ3) is 3.78. The van der Waals surface area contributed by atoms with E-state index in [1.807, 2.05) is 13.8 Å². The van der Waals surface area contributed by atoms with E-state index in [4.69, 9.17) is 20.8 Å². The minimum atomic E-state index is -0.947. The monoisotopic (exact) mass is 451 g/mol. The standard InChI is InChI=1S/C25H22ClNO5/c1-14(2)32-17-8-4-7-16(13-17)23(28)21-22(20-11-6-12-31-20)27(25(30)24(21)29)19-10-5-9-18(26)15(19)3/h4-14,22,28H,1-3H3/b23-21-. The number of anilines is 1. The Hall–Kier alpha value is -3.51. The van der Waals surface area contributed by atoms with Crippen LogP contribution in [0.4, 0.5) is 5.69 Å². The first-order chi connectivity index (χ1) is 15.3. The van der Waals surface area contributed by atoms with E-state index in [0.29, 0.717) is 33.3 Å². The second kappa shape index (κ2) is 8.55. The van der Waals surface area contributed by atoms with Crippen molar-refractivity contribution in [3.05, 3.63) is 88.3 Å².